The minimum atomic E-state index is -2.28. The highest BCUT2D eigenvalue weighted by Crippen LogP contribution is 2.58. The number of aliphatic hydroxyl groups excluding tert-OH is 1. The van der Waals surface area contributed by atoms with Crippen LogP contribution in [0.2, 0.25) is 18.1 Å². The van der Waals surface area contributed by atoms with Gasteiger partial charge in [0.15, 0.2) is 19.8 Å². The van der Waals surface area contributed by atoms with Gasteiger partial charge >= 0.3 is 0 Å². The van der Waals surface area contributed by atoms with E-state index < -0.39 is 25.4 Å². The van der Waals surface area contributed by atoms with Gasteiger partial charge in [-0.1, -0.05) is 41.0 Å². The lowest BCUT2D eigenvalue weighted by Crippen LogP contribution is -2.53. The van der Waals surface area contributed by atoms with Crippen molar-refractivity contribution < 1.29 is 24.1 Å². The molecule has 0 aromatic carbocycles. The molecule has 3 atom stereocenters. The smallest absolute Gasteiger partial charge is 0.193 e. The summed E-state index contributed by atoms with van der Waals surface area (Å²) in [5.41, 5.74) is -1.38. The van der Waals surface area contributed by atoms with Crippen molar-refractivity contribution in [3.8, 4) is 11.5 Å². The van der Waals surface area contributed by atoms with Crippen LogP contribution in [0, 0.1) is 5.41 Å². The van der Waals surface area contributed by atoms with Crippen molar-refractivity contribution in [1.82, 2.24) is 4.98 Å². The van der Waals surface area contributed by atoms with Gasteiger partial charge < -0.3 is 24.1 Å². The number of unbranched alkanes of at least 4 members (excludes halogenated alkanes) is 1. The van der Waals surface area contributed by atoms with Gasteiger partial charge in [0, 0.05) is 11.6 Å². The van der Waals surface area contributed by atoms with Crippen LogP contribution < -0.4 is 9.47 Å². The maximum atomic E-state index is 11.5. The van der Waals surface area contributed by atoms with Gasteiger partial charge in [-0.15, -0.1) is 0 Å². The summed E-state index contributed by atoms with van der Waals surface area (Å²) in [5.74, 6) is 1.12. The Bertz CT molecular complexity index is 784. The zero-order valence-electron chi connectivity index (χ0n) is 21.0. The molecule has 6 nitrogen and oxygen atoms in total. The Morgan fingerprint density at radius 1 is 1.25 bits per heavy atom. The van der Waals surface area contributed by atoms with Gasteiger partial charge in [-0.2, -0.15) is 0 Å². The highest BCUT2D eigenvalue weighted by Gasteiger charge is 2.58. The molecule has 0 aliphatic heterocycles. The molecule has 1 heterocycles. The van der Waals surface area contributed by atoms with Crippen LogP contribution in [0.1, 0.15) is 78.5 Å². The fourth-order valence-electron chi connectivity index (χ4n) is 4.17. The average molecular weight is 533 g/mol. The Morgan fingerprint density at radius 3 is 2.44 bits per heavy atom. The summed E-state index contributed by atoms with van der Waals surface area (Å²) >= 11 is 3.56. The molecule has 0 radical (unpaired) electrons. The van der Waals surface area contributed by atoms with E-state index in [1.165, 1.54) is 0 Å². The summed E-state index contributed by atoms with van der Waals surface area (Å²) < 4.78 is 19.6. The predicted octanol–water partition coefficient (Wildman–Crippen LogP) is 6.01. The molecule has 1 saturated carbocycles. The zero-order chi connectivity index (χ0) is 24.4. The fourth-order valence-corrected chi connectivity index (χ4v) is 5.88. The van der Waals surface area contributed by atoms with E-state index >= 15 is 0 Å². The van der Waals surface area contributed by atoms with Gasteiger partial charge in [-0.3, -0.25) is 4.98 Å². The molecule has 3 unspecified atom stereocenters. The standard InChI is InChI=1S/C24H42BrNO5Si/c1-9-10-14-30-19-17(25)15-26-18(20(19)29-6)21(31-32(7,8)22(2,3)4)23(5)12-11-13-24(23,28)16-27/h15,21,27-28H,9-14,16H2,1-8H3. The largest absolute Gasteiger partial charge is 0.491 e. The number of ether oxygens (including phenoxy) is 2. The lowest BCUT2D eigenvalue weighted by atomic mass is 9.71. The van der Waals surface area contributed by atoms with Crippen molar-refractivity contribution in [2.75, 3.05) is 20.3 Å². The highest BCUT2D eigenvalue weighted by atomic mass is 79.9. The molecule has 0 saturated heterocycles. The second-order valence-corrected chi connectivity index (χ2v) is 16.4. The number of aromatic nitrogens is 1. The predicted molar refractivity (Wildman–Crippen MR) is 134 cm³/mol. The summed E-state index contributed by atoms with van der Waals surface area (Å²) in [7, 11) is -0.670. The molecule has 0 spiro atoms. The molecular weight excluding hydrogens is 490 g/mol. The molecule has 0 bridgehead atoms. The molecule has 1 aromatic rings. The molecule has 2 rings (SSSR count). The fraction of sp³-hybridized carbons (Fsp3) is 0.792. The van der Waals surface area contributed by atoms with Crippen LogP contribution in [-0.4, -0.2) is 49.4 Å². The van der Waals surface area contributed by atoms with Crippen LogP contribution in [0.4, 0.5) is 0 Å². The van der Waals surface area contributed by atoms with E-state index in [2.05, 4.69) is 56.7 Å². The number of methoxy groups -OCH3 is 1. The quantitative estimate of drug-likeness (QED) is 0.284. The first-order valence-electron chi connectivity index (χ1n) is 11.6. The van der Waals surface area contributed by atoms with E-state index in [1.54, 1.807) is 13.3 Å². The van der Waals surface area contributed by atoms with E-state index in [1.807, 2.05) is 6.92 Å². The van der Waals surface area contributed by atoms with Crippen molar-refractivity contribution in [1.29, 1.82) is 0 Å². The molecule has 1 aliphatic rings. The molecule has 32 heavy (non-hydrogen) atoms. The van der Waals surface area contributed by atoms with Crippen LogP contribution in [-0.2, 0) is 4.43 Å². The van der Waals surface area contributed by atoms with E-state index in [4.69, 9.17) is 18.9 Å². The summed E-state index contributed by atoms with van der Waals surface area (Å²) in [6.45, 7) is 15.3. The Kier molecular flexibility index (Phi) is 8.87. The minimum Gasteiger partial charge on any atom is -0.491 e. The van der Waals surface area contributed by atoms with Crippen molar-refractivity contribution in [3.63, 3.8) is 0 Å². The maximum absolute atomic E-state index is 11.5. The molecular formula is C24H42BrNO5Si. The van der Waals surface area contributed by atoms with Crippen molar-refractivity contribution in [2.24, 2.45) is 5.41 Å². The van der Waals surface area contributed by atoms with Crippen molar-refractivity contribution in [3.05, 3.63) is 16.4 Å². The number of halogens is 1. The van der Waals surface area contributed by atoms with Gasteiger partial charge in [-0.25, -0.2) is 0 Å². The normalized spacial score (nSPS) is 25.1. The van der Waals surface area contributed by atoms with Gasteiger partial charge in [0.2, 0.25) is 0 Å². The number of hydrogen-bond donors (Lipinski definition) is 2. The van der Waals surface area contributed by atoms with Gasteiger partial charge in [-0.05, 0) is 59.7 Å². The van der Waals surface area contributed by atoms with Crippen LogP contribution in [0.5, 0.6) is 11.5 Å². The van der Waals surface area contributed by atoms with E-state index in [9.17, 15) is 10.2 Å². The second-order valence-electron chi connectivity index (χ2n) is 10.8. The summed E-state index contributed by atoms with van der Waals surface area (Å²) in [4.78, 5) is 4.75. The van der Waals surface area contributed by atoms with Crippen LogP contribution >= 0.6 is 15.9 Å². The maximum Gasteiger partial charge on any atom is 0.193 e. The highest BCUT2D eigenvalue weighted by molar-refractivity contribution is 9.10. The number of nitrogens with zero attached hydrogens (tertiary/aromatic N) is 1. The second kappa shape index (κ2) is 10.3. The molecule has 184 valence electrons. The molecule has 8 heteroatoms. The first-order valence-corrected chi connectivity index (χ1v) is 15.3. The Labute approximate surface area is 203 Å². The average Bonchev–Trinajstić information content (AvgIpc) is 3.02. The van der Waals surface area contributed by atoms with Crippen LogP contribution in [0.25, 0.3) is 0 Å². The van der Waals surface area contributed by atoms with E-state index in [-0.39, 0.29) is 11.6 Å². The third-order valence-electron chi connectivity index (χ3n) is 7.58. The topological polar surface area (TPSA) is 81.0 Å². The van der Waals surface area contributed by atoms with Crippen LogP contribution in [0.3, 0.4) is 0 Å². The lowest BCUT2D eigenvalue weighted by Gasteiger charge is -2.48. The number of aliphatic hydroxyl groups is 2. The first-order chi connectivity index (χ1) is 14.8. The van der Waals surface area contributed by atoms with E-state index in [0.29, 0.717) is 34.7 Å². The summed E-state index contributed by atoms with van der Waals surface area (Å²) in [5, 5.41) is 21.7. The third-order valence-corrected chi connectivity index (χ3v) is 12.6. The van der Waals surface area contributed by atoms with Crippen molar-refractivity contribution in [2.45, 2.75) is 96.6 Å². The molecule has 2 N–H and O–H groups in total. The zero-order valence-corrected chi connectivity index (χ0v) is 23.6. The van der Waals surface area contributed by atoms with Gasteiger partial charge in [0.05, 0.1) is 36.5 Å². The third kappa shape index (κ3) is 5.19. The van der Waals surface area contributed by atoms with Crippen LogP contribution in [0.15, 0.2) is 10.7 Å². The number of pyridine rings is 1. The Balaban J connectivity index is 2.69. The molecule has 1 fully saturated rings. The minimum absolute atomic E-state index is 0.0411. The van der Waals surface area contributed by atoms with Gasteiger partial charge in [0.1, 0.15) is 5.69 Å². The van der Waals surface area contributed by atoms with Gasteiger partial charge in [0.25, 0.3) is 0 Å². The SMILES string of the molecule is CCCCOc1c(Br)cnc(C(O[Si](C)(C)C(C)(C)C)C2(C)CCCC2(O)CO)c1OC. The summed E-state index contributed by atoms with van der Waals surface area (Å²) in [6.07, 6.45) is 5.17. The summed E-state index contributed by atoms with van der Waals surface area (Å²) in [6, 6.07) is 0. The molecule has 1 aromatic heterocycles. The first kappa shape index (κ1) is 27.6. The Morgan fingerprint density at radius 2 is 1.91 bits per heavy atom. The van der Waals surface area contributed by atoms with Crippen molar-refractivity contribution >= 4 is 24.2 Å². The molecule has 0 amide bonds. The monoisotopic (exact) mass is 531 g/mol. The number of rotatable bonds is 10. The lowest BCUT2D eigenvalue weighted by molar-refractivity contribution is -0.137. The Hall–Kier alpha value is -0.673. The van der Waals surface area contributed by atoms with E-state index in [0.717, 1.165) is 25.7 Å². The number of hydrogen-bond acceptors (Lipinski definition) is 6. The molecule has 1 aliphatic carbocycles.